The number of hydrogen-bond acceptors (Lipinski definition) is 26. The summed E-state index contributed by atoms with van der Waals surface area (Å²) < 4.78 is 70.8. The van der Waals surface area contributed by atoms with Gasteiger partial charge in [-0.2, -0.15) is 0 Å². The summed E-state index contributed by atoms with van der Waals surface area (Å²) in [4.78, 5) is 54.8. The average Bonchev–Trinajstić information content (AvgIpc) is 3.56. The first-order valence-electron chi connectivity index (χ1n) is 24.5. The molecule has 4 fully saturated rings. The van der Waals surface area contributed by atoms with Gasteiger partial charge in [-0.05, 0) is 72.8 Å². The largest absolute Gasteiger partial charge is 0.461 e. The number of esters is 4. The molecule has 26 nitrogen and oxygen atoms in total. The Balaban J connectivity index is 1.05. The van der Waals surface area contributed by atoms with Gasteiger partial charge >= 0.3 is 23.9 Å². The average molecular weight is 1100 g/mol. The summed E-state index contributed by atoms with van der Waals surface area (Å²) in [6.07, 6.45) is -36.0. The molecule has 26 heteroatoms. The van der Waals surface area contributed by atoms with Gasteiger partial charge in [0.2, 0.25) is 12.6 Å². The molecule has 78 heavy (non-hydrogen) atoms. The third-order valence-corrected chi connectivity index (χ3v) is 13.5. The number of hydrogen-bond donors (Lipinski definition) is 10. The van der Waals surface area contributed by atoms with Crippen molar-refractivity contribution in [1.29, 1.82) is 0 Å². The molecule has 420 valence electrons. The van der Waals surface area contributed by atoms with Crippen molar-refractivity contribution in [1.82, 2.24) is 0 Å². The minimum atomic E-state index is -1.99. The molecule has 20 atom stereocenters. The molecular formula is C52H56O26. The van der Waals surface area contributed by atoms with Gasteiger partial charge in [-0.25, -0.2) is 19.2 Å². The number of carbonyl (C=O) groups is 4. The summed E-state index contributed by atoms with van der Waals surface area (Å²) in [5, 5.41) is 108. The highest BCUT2D eigenvalue weighted by molar-refractivity contribution is 5.91. The predicted octanol–water partition coefficient (Wildman–Crippen LogP) is -2.54. The van der Waals surface area contributed by atoms with Gasteiger partial charge in [0.05, 0.1) is 35.5 Å². The maximum atomic E-state index is 13.8. The second-order valence-corrected chi connectivity index (χ2v) is 18.6. The number of aliphatic hydroxyl groups excluding tert-OH is 10. The van der Waals surface area contributed by atoms with Crippen LogP contribution in [0.5, 0.6) is 11.5 Å². The normalized spacial score (nSPS) is 36.3. The molecule has 0 aliphatic carbocycles. The van der Waals surface area contributed by atoms with Gasteiger partial charge in [0.25, 0.3) is 0 Å². The van der Waals surface area contributed by atoms with Crippen molar-refractivity contribution in [2.24, 2.45) is 0 Å². The lowest BCUT2D eigenvalue weighted by atomic mass is 9.96. The Morgan fingerprint density at radius 3 is 1.14 bits per heavy atom. The van der Waals surface area contributed by atoms with Crippen LogP contribution in [0.2, 0.25) is 0 Å². The zero-order chi connectivity index (χ0) is 55.4. The molecule has 8 aliphatic rings. The zero-order valence-corrected chi connectivity index (χ0v) is 40.8. The monoisotopic (exact) mass is 1100 g/mol. The Labute approximate surface area is 442 Å². The van der Waals surface area contributed by atoms with Crippen LogP contribution >= 0.6 is 0 Å². The van der Waals surface area contributed by atoms with E-state index in [2.05, 4.69) is 0 Å². The summed E-state index contributed by atoms with van der Waals surface area (Å²) in [6, 6.07) is 25.2. The third-order valence-electron chi connectivity index (χ3n) is 13.5. The molecule has 8 aliphatic heterocycles. The summed E-state index contributed by atoms with van der Waals surface area (Å²) in [7, 11) is 0. The van der Waals surface area contributed by atoms with E-state index in [4.69, 9.17) is 56.8 Å². The smallest absolute Gasteiger partial charge is 0.338 e. The summed E-state index contributed by atoms with van der Waals surface area (Å²) in [6.45, 7) is -3.22. The van der Waals surface area contributed by atoms with Crippen LogP contribution in [0, 0.1) is 0 Å². The van der Waals surface area contributed by atoms with Gasteiger partial charge in [-0.3, -0.25) is 0 Å². The van der Waals surface area contributed by atoms with Crippen LogP contribution in [0.15, 0.2) is 109 Å². The molecular weight excluding hydrogens is 1040 g/mol. The molecule has 8 heterocycles. The topological polar surface area (TPSA) is 381 Å². The molecule has 0 aromatic heterocycles. The fraction of sp³-hybridized carbons (Fsp3) is 0.462. The number of rotatable bonds is 10. The first kappa shape index (κ1) is 56.4. The van der Waals surface area contributed by atoms with Crippen LogP contribution in [0.25, 0.3) is 0 Å². The Morgan fingerprint density at radius 1 is 0.436 bits per heavy atom. The van der Waals surface area contributed by atoms with Gasteiger partial charge in [-0.1, -0.05) is 36.4 Å². The Bertz CT molecular complexity index is 2460. The summed E-state index contributed by atoms with van der Waals surface area (Å²) in [5.74, 6) is -4.10. The van der Waals surface area contributed by atoms with Crippen molar-refractivity contribution < 1.29 is 127 Å². The maximum Gasteiger partial charge on any atom is 0.338 e. The van der Waals surface area contributed by atoms with E-state index in [-0.39, 0.29) is 33.8 Å². The maximum absolute atomic E-state index is 13.8. The Morgan fingerprint density at radius 2 is 0.795 bits per heavy atom. The zero-order valence-electron chi connectivity index (χ0n) is 40.8. The van der Waals surface area contributed by atoms with E-state index < -0.39 is 173 Å². The first-order chi connectivity index (χ1) is 37.5. The highest BCUT2D eigenvalue weighted by Crippen LogP contribution is 2.35. The van der Waals surface area contributed by atoms with Gasteiger partial charge < -0.3 is 108 Å². The van der Waals surface area contributed by atoms with Crippen molar-refractivity contribution in [3.05, 3.63) is 131 Å². The summed E-state index contributed by atoms with van der Waals surface area (Å²) in [5.41, 5.74) is -0.174. The Hall–Kier alpha value is -6.28. The quantitative estimate of drug-likeness (QED) is 0.0578. The number of ether oxygens (including phenoxy) is 12. The van der Waals surface area contributed by atoms with Gasteiger partial charge in [0, 0.05) is 0 Å². The molecule has 0 radical (unpaired) electrons. The highest BCUT2D eigenvalue weighted by Gasteiger charge is 2.55. The van der Waals surface area contributed by atoms with Gasteiger partial charge in [-0.15, -0.1) is 0 Å². The molecule has 4 aromatic rings. The fourth-order valence-electron chi connectivity index (χ4n) is 9.13. The highest BCUT2D eigenvalue weighted by atomic mass is 16.8. The molecule has 4 aromatic carbocycles. The molecule has 12 rings (SSSR count). The van der Waals surface area contributed by atoms with Crippen LogP contribution < -0.4 is 9.47 Å². The van der Waals surface area contributed by atoms with Crippen molar-refractivity contribution >= 4 is 23.9 Å². The lowest BCUT2D eigenvalue weighted by Crippen LogP contribution is -2.65. The van der Waals surface area contributed by atoms with E-state index in [0.29, 0.717) is 0 Å². The second kappa shape index (κ2) is 24.8. The molecule has 0 unspecified atom stereocenters. The predicted molar refractivity (Wildman–Crippen MR) is 253 cm³/mol. The van der Waals surface area contributed by atoms with Crippen molar-refractivity contribution in [2.75, 3.05) is 26.4 Å². The molecule has 0 saturated carbocycles. The van der Waals surface area contributed by atoms with Crippen molar-refractivity contribution in [2.45, 2.75) is 123 Å². The SMILES string of the molecule is O=C1OC[C@H]2O[C@H](Oc3ccc(cc3)C(=O)OC[C@H]3O[C@H](Oc4ccc1cc4)[C@H](OC(=O)c1ccccc1)[C@@H](O)[C@@H]3O[C@H]1O[C@@H](CO)[C@H](O)[C@H](O)[C@H]1O)[C@@H](OC(=O)c1ccccc1)[C@H](O)[C@H]2O[C@H]1O[C@@H](CO)[C@H](O)[C@H](O)[C@H]1O. The van der Waals surface area contributed by atoms with E-state index in [1.54, 1.807) is 36.4 Å². The molecule has 0 spiro atoms. The van der Waals surface area contributed by atoms with Crippen LogP contribution in [0.1, 0.15) is 41.4 Å². The summed E-state index contributed by atoms with van der Waals surface area (Å²) >= 11 is 0. The van der Waals surface area contributed by atoms with E-state index in [1.807, 2.05) is 0 Å². The molecule has 10 N–H and O–H groups in total. The van der Waals surface area contributed by atoms with Gasteiger partial charge in [0.15, 0.2) is 24.8 Å². The third kappa shape index (κ3) is 12.3. The van der Waals surface area contributed by atoms with Crippen LogP contribution in [0.3, 0.4) is 0 Å². The van der Waals surface area contributed by atoms with Crippen LogP contribution in [-0.2, 0) is 47.4 Å². The van der Waals surface area contributed by atoms with Crippen LogP contribution in [-0.4, -0.2) is 224 Å². The second-order valence-electron chi connectivity index (χ2n) is 18.6. The lowest BCUT2D eigenvalue weighted by Gasteiger charge is -2.46. The molecule has 0 amide bonds. The molecule has 4 saturated heterocycles. The van der Waals surface area contributed by atoms with E-state index in [9.17, 15) is 70.2 Å². The standard InChI is InChI=1S/C52H56O26/c53-19-29-33(55)35(57)37(59)49(71-29)77-41-31-21-67-45(63)26-13-17-28(18-14-26)70-52-44(76-48(66)24-9-5-2-6-10-24)40(62)42(78-50-38(60)36(58)34(56)30(20-54)72-50)32(74-52)22-68-46(64)25-11-15-27(16-12-25)69-51(73-31)43(39(41)61)75-47(65)23-7-3-1-4-8-23/h1-18,29-44,49-62H,19-22H2/t29-,30-,31+,32+,33-,34-,35-,36-,37+,38+,39-,40+,41+,42-,43+,44-,49+,50+,51-,52-/m0/s1. The minimum absolute atomic E-state index is 0.0339. The lowest BCUT2D eigenvalue weighted by molar-refractivity contribution is -0.351. The van der Waals surface area contributed by atoms with Gasteiger partial charge in [0.1, 0.15) is 110 Å². The van der Waals surface area contributed by atoms with E-state index >= 15 is 0 Å². The van der Waals surface area contributed by atoms with E-state index in [0.717, 1.165) is 0 Å². The fourth-order valence-corrected chi connectivity index (χ4v) is 9.13. The first-order valence-corrected chi connectivity index (χ1v) is 24.5. The number of carbonyl (C=O) groups excluding carboxylic acids is 4. The Kier molecular flexibility index (Phi) is 17.9. The minimum Gasteiger partial charge on any atom is -0.461 e. The number of aliphatic hydroxyl groups is 10. The van der Waals surface area contributed by atoms with Crippen molar-refractivity contribution in [3.63, 3.8) is 0 Å². The van der Waals surface area contributed by atoms with E-state index in [1.165, 1.54) is 72.8 Å². The number of benzene rings is 4. The van der Waals surface area contributed by atoms with Crippen molar-refractivity contribution in [3.8, 4) is 11.5 Å². The molecule has 8 bridgehead atoms. The van der Waals surface area contributed by atoms with Crippen LogP contribution in [0.4, 0.5) is 0 Å².